The van der Waals surface area contributed by atoms with Crippen molar-refractivity contribution in [3.63, 3.8) is 0 Å². The normalized spacial score (nSPS) is 13.9. The van der Waals surface area contributed by atoms with Crippen LogP contribution < -0.4 is 0 Å². The molecule has 92 valence electrons. The SMILES string of the molecule is [N-]=[N+]=NCCC(O)C(O)c1cnc(F)c(F)c1. The lowest BCUT2D eigenvalue weighted by molar-refractivity contribution is 0.0145. The van der Waals surface area contributed by atoms with Crippen molar-refractivity contribution in [2.24, 2.45) is 5.11 Å². The van der Waals surface area contributed by atoms with Crippen molar-refractivity contribution >= 4 is 0 Å². The minimum absolute atomic E-state index is 0.00419. The van der Waals surface area contributed by atoms with Crippen molar-refractivity contribution in [1.82, 2.24) is 4.98 Å². The lowest BCUT2D eigenvalue weighted by Gasteiger charge is -2.16. The Kier molecular flexibility index (Phi) is 4.77. The second-order valence-electron chi connectivity index (χ2n) is 3.30. The van der Waals surface area contributed by atoms with Gasteiger partial charge in [0.1, 0.15) is 6.10 Å². The van der Waals surface area contributed by atoms with Crippen LogP contribution in [0.4, 0.5) is 8.78 Å². The summed E-state index contributed by atoms with van der Waals surface area (Å²) in [5.74, 6) is -2.48. The van der Waals surface area contributed by atoms with E-state index in [0.29, 0.717) is 0 Å². The summed E-state index contributed by atoms with van der Waals surface area (Å²) < 4.78 is 25.3. The fourth-order valence-corrected chi connectivity index (χ4v) is 1.21. The molecule has 6 nitrogen and oxygen atoms in total. The minimum Gasteiger partial charge on any atom is -0.390 e. The van der Waals surface area contributed by atoms with Gasteiger partial charge in [0, 0.05) is 23.2 Å². The van der Waals surface area contributed by atoms with Gasteiger partial charge in [0.25, 0.3) is 0 Å². The van der Waals surface area contributed by atoms with Crippen LogP contribution in [0.15, 0.2) is 17.4 Å². The molecule has 0 saturated heterocycles. The van der Waals surface area contributed by atoms with E-state index in [1.54, 1.807) is 0 Å². The Bertz CT molecular complexity index is 437. The van der Waals surface area contributed by atoms with Crippen LogP contribution in [0.2, 0.25) is 0 Å². The van der Waals surface area contributed by atoms with E-state index < -0.39 is 24.0 Å². The van der Waals surface area contributed by atoms with Crippen LogP contribution in [-0.4, -0.2) is 27.8 Å². The van der Waals surface area contributed by atoms with Gasteiger partial charge in [-0.15, -0.1) is 0 Å². The third kappa shape index (κ3) is 3.63. The molecule has 0 bridgehead atoms. The van der Waals surface area contributed by atoms with Gasteiger partial charge in [-0.1, -0.05) is 5.11 Å². The molecular formula is C9H10F2N4O2. The zero-order valence-electron chi connectivity index (χ0n) is 8.66. The van der Waals surface area contributed by atoms with Crippen LogP contribution in [0.3, 0.4) is 0 Å². The molecule has 0 aliphatic carbocycles. The Morgan fingerprint density at radius 2 is 2.18 bits per heavy atom. The summed E-state index contributed by atoms with van der Waals surface area (Å²) in [5.41, 5.74) is 7.97. The maximum Gasteiger partial charge on any atom is 0.248 e. The summed E-state index contributed by atoms with van der Waals surface area (Å²) in [6.45, 7) is -0.00810. The van der Waals surface area contributed by atoms with E-state index in [4.69, 9.17) is 5.53 Å². The van der Waals surface area contributed by atoms with Crippen LogP contribution in [0.1, 0.15) is 18.1 Å². The van der Waals surface area contributed by atoms with E-state index in [1.807, 2.05) is 0 Å². The third-order valence-electron chi connectivity index (χ3n) is 2.11. The van der Waals surface area contributed by atoms with Crippen molar-refractivity contribution < 1.29 is 19.0 Å². The largest absolute Gasteiger partial charge is 0.390 e. The second-order valence-corrected chi connectivity index (χ2v) is 3.30. The number of hydrogen-bond acceptors (Lipinski definition) is 4. The first-order valence-corrected chi connectivity index (χ1v) is 4.74. The van der Waals surface area contributed by atoms with Crippen molar-refractivity contribution in [3.8, 4) is 0 Å². The number of hydrogen-bond donors (Lipinski definition) is 2. The number of nitrogens with zero attached hydrogens (tertiary/aromatic N) is 4. The average Bonchev–Trinajstić information content (AvgIpc) is 2.32. The zero-order valence-corrected chi connectivity index (χ0v) is 8.66. The fraction of sp³-hybridized carbons (Fsp3) is 0.444. The molecule has 0 amide bonds. The molecule has 0 radical (unpaired) electrons. The summed E-state index contributed by atoms with van der Waals surface area (Å²) >= 11 is 0. The molecular weight excluding hydrogens is 234 g/mol. The summed E-state index contributed by atoms with van der Waals surface area (Å²) in [6.07, 6.45) is -1.72. The number of pyridine rings is 1. The summed E-state index contributed by atoms with van der Waals surface area (Å²) in [6, 6.07) is 0.754. The minimum atomic E-state index is -1.41. The van der Waals surface area contributed by atoms with Crippen molar-refractivity contribution in [2.75, 3.05) is 6.54 Å². The lowest BCUT2D eigenvalue weighted by Crippen LogP contribution is -2.19. The molecule has 2 atom stereocenters. The van der Waals surface area contributed by atoms with E-state index in [0.717, 1.165) is 12.3 Å². The van der Waals surface area contributed by atoms with E-state index in [-0.39, 0.29) is 18.5 Å². The van der Waals surface area contributed by atoms with Crippen LogP contribution in [0.5, 0.6) is 0 Å². The highest BCUT2D eigenvalue weighted by Gasteiger charge is 2.19. The Hall–Kier alpha value is -1.76. The molecule has 1 heterocycles. The van der Waals surface area contributed by atoms with Crippen molar-refractivity contribution in [1.29, 1.82) is 0 Å². The molecule has 0 spiro atoms. The van der Waals surface area contributed by atoms with Gasteiger partial charge in [-0.05, 0) is 18.0 Å². The molecule has 0 aliphatic heterocycles. The standard InChI is InChI=1S/C9H10F2N4O2/c10-6-3-5(4-13-9(6)11)8(17)7(16)1-2-14-15-12/h3-4,7-8,16-17H,1-2H2. The van der Waals surface area contributed by atoms with Gasteiger partial charge >= 0.3 is 0 Å². The number of aromatic nitrogens is 1. The molecule has 17 heavy (non-hydrogen) atoms. The van der Waals surface area contributed by atoms with E-state index in [1.165, 1.54) is 0 Å². The number of halogens is 2. The van der Waals surface area contributed by atoms with Crippen molar-refractivity contribution in [2.45, 2.75) is 18.6 Å². The molecule has 1 aromatic heterocycles. The number of aliphatic hydroxyl groups is 2. The Labute approximate surface area is 95.2 Å². The van der Waals surface area contributed by atoms with Gasteiger partial charge in [0.2, 0.25) is 5.95 Å². The van der Waals surface area contributed by atoms with Gasteiger partial charge < -0.3 is 10.2 Å². The molecule has 2 unspecified atom stereocenters. The molecule has 2 N–H and O–H groups in total. The monoisotopic (exact) mass is 244 g/mol. The van der Waals surface area contributed by atoms with E-state index >= 15 is 0 Å². The highest BCUT2D eigenvalue weighted by molar-refractivity contribution is 5.15. The Balaban J connectivity index is 2.70. The Morgan fingerprint density at radius 1 is 1.47 bits per heavy atom. The van der Waals surface area contributed by atoms with Gasteiger partial charge in [-0.3, -0.25) is 0 Å². The van der Waals surface area contributed by atoms with Crippen LogP contribution in [0, 0.1) is 11.8 Å². The van der Waals surface area contributed by atoms with E-state index in [2.05, 4.69) is 15.0 Å². The molecule has 0 aliphatic rings. The molecule has 1 rings (SSSR count). The van der Waals surface area contributed by atoms with Gasteiger partial charge in [-0.25, -0.2) is 9.37 Å². The smallest absolute Gasteiger partial charge is 0.248 e. The maximum absolute atomic E-state index is 12.8. The molecule has 0 fully saturated rings. The highest BCUT2D eigenvalue weighted by Crippen LogP contribution is 2.19. The van der Waals surface area contributed by atoms with Crippen LogP contribution in [-0.2, 0) is 0 Å². The predicted octanol–water partition coefficient (Wildman–Crippen LogP) is 1.45. The molecule has 0 saturated carbocycles. The summed E-state index contributed by atoms with van der Waals surface area (Å²) in [4.78, 5) is 5.56. The van der Waals surface area contributed by atoms with Gasteiger partial charge in [0.15, 0.2) is 5.82 Å². The number of azide groups is 1. The van der Waals surface area contributed by atoms with Crippen molar-refractivity contribution in [3.05, 3.63) is 40.0 Å². The quantitative estimate of drug-likeness (QED) is 0.354. The first-order valence-electron chi connectivity index (χ1n) is 4.74. The van der Waals surface area contributed by atoms with Gasteiger partial charge in [0.05, 0.1) is 6.10 Å². The van der Waals surface area contributed by atoms with Gasteiger partial charge in [-0.2, -0.15) is 4.39 Å². The third-order valence-corrected chi connectivity index (χ3v) is 2.11. The number of aliphatic hydroxyl groups excluding tert-OH is 2. The maximum atomic E-state index is 12.8. The van der Waals surface area contributed by atoms with Crippen LogP contribution >= 0.6 is 0 Å². The highest BCUT2D eigenvalue weighted by atomic mass is 19.2. The predicted molar refractivity (Wildman–Crippen MR) is 53.7 cm³/mol. The summed E-state index contributed by atoms with van der Waals surface area (Å²) in [5, 5.41) is 22.2. The molecule has 0 aromatic carbocycles. The topological polar surface area (TPSA) is 102 Å². The first kappa shape index (κ1) is 13.3. The number of rotatable bonds is 5. The Morgan fingerprint density at radius 3 is 2.76 bits per heavy atom. The molecule has 8 heteroatoms. The molecule has 1 aromatic rings. The van der Waals surface area contributed by atoms with E-state index in [9.17, 15) is 19.0 Å². The van der Waals surface area contributed by atoms with Crippen LogP contribution in [0.25, 0.3) is 10.4 Å². The average molecular weight is 244 g/mol. The summed E-state index contributed by atoms with van der Waals surface area (Å²) in [7, 11) is 0. The first-order chi connectivity index (χ1) is 8.06. The fourth-order valence-electron chi connectivity index (χ4n) is 1.21. The lowest BCUT2D eigenvalue weighted by atomic mass is 10.0. The zero-order chi connectivity index (χ0) is 12.8. The second kappa shape index (κ2) is 6.09.